The normalized spacial score (nSPS) is 24.3. The van der Waals surface area contributed by atoms with Gasteiger partial charge in [0.2, 0.25) is 18.9 Å². The van der Waals surface area contributed by atoms with Crippen molar-refractivity contribution >= 4 is 11.8 Å². The first-order valence-corrected chi connectivity index (χ1v) is 25.5. The van der Waals surface area contributed by atoms with Gasteiger partial charge in [0.25, 0.3) is 0 Å². The molecular formula is C57H67FN2O12. The predicted octanol–water partition coefficient (Wildman–Crippen LogP) is 10.1. The number of benzene rings is 4. The number of aliphatic hydroxyl groups is 2. The van der Waals surface area contributed by atoms with E-state index in [1.54, 1.807) is 29.2 Å². The zero-order chi connectivity index (χ0) is 49.7. The lowest BCUT2D eigenvalue weighted by atomic mass is 9.55. The van der Waals surface area contributed by atoms with Crippen molar-refractivity contribution in [3.63, 3.8) is 0 Å². The molecule has 2 N–H and O–H groups in total. The molecule has 0 radical (unpaired) electrons. The predicted molar refractivity (Wildman–Crippen MR) is 266 cm³/mol. The third-order valence-electron chi connectivity index (χ3n) is 14.4. The molecule has 9 rings (SSSR count). The molecule has 15 heteroatoms. The number of amides is 1. The van der Waals surface area contributed by atoms with E-state index in [2.05, 4.69) is 12.7 Å². The number of oxime groups is 1. The number of carbonyl (C=O) groups is 1. The minimum absolute atomic E-state index is 0.00389. The van der Waals surface area contributed by atoms with Crippen LogP contribution in [0.1, 0.15) is 92.4 Å². The van der Waals surface area contributed by atoms with Crippen LogP contribution in [0.2, 0.25) is 0 Å². The summed E-state index contributed by atoms with van der Waals surface area (Å²) >= 11 is 0. The Morgan fingerprint density at radius 2 is 1.68 bits per heavy atom. The summed E-state index contributed by atoms with van der Waals surface area (Å²) in [5.41, 5.74) is 4.54. The van der Waals surface area contributed by atoms with Crippen molar-refractivity contribution in [2.75, 3.05) is 46.4 Å². The van der Waals surface area contributed by atoms with Crippen molar-refractivity contribution in [1.82, 2.24) is 4.90 Å². The zero-order valence-electron chi connectivity index (χ0n) is 40.9. The van der Waals surface area contributed by atoms with E-state index < -0.39 is 30.1 Å². The molecular weight excluding hydrogens is 924 g/mol. The fourth-order valence-electron chi connectivity index (χ4n) is 11.0. The van der Waals surface area contributed by atoms with Crippen molar-refractivity contribution in [3.05, 3.63) is 143 Å². The van der Waals surface area contributed by atoms with E-state index in [4.69, 9.17) is 47.9 Å². The first-order valence-electron chi connectivity index (χ1n) is 25.5. The summed E-state index contributed by atoms with van der Waals surface area (Å²) in [4.78, 5) is 23.2. The Kier molecular flexibility index (Phi) is 17.4. The van der Waals surface area contributed by atoms with Crippen molar-refractivity contribution in [3.8, 4) is 23.0 Å². The molecule has 7 unspecified atom stereocenters. The second kappa shape index (κ2) is 24.6. The molecule has 5 aliphatic rings. The Hall–Kier alpha value is -5.97. The van der Waals surface area contributed by atoms with E-state index in [1.807, 2.05) is 66.7 Å². The summed E-state index contributed by atoms with van der Waals surface area (Å²) in [6, 6.07) is 26.7. The quantitative estimate of drug-likeness (QED) is 0.0390. The van der Waals surface area contributed by atoms with E-state index >= 15 is 4.79 Å². The third-order valence-corrected chi connectivity index (χ3v) is 14.4. The number of unbranched alkanes of at least 4 members (excludes halogenated alkanes) is 2. The lowest BCUT2D eigenvalue weighted by Crippen LogP contribution is -2.70. The highest BCUT2D eigenvalue weighted by atomic mass is 19.1. The maximum atomic E-state index is 15.2. The van der Waals surface area contributed by atoms with Gasteiger partial charge < -0.3 is 52.9 Å². The van der Waals surface area contributed by atoms with Crippen LogP contribution in [0.15, 0.2) is 120 Å². The molecule has 2 aliphatic carbocycles. The van der Waals surface area contributed by atoms with Gasteiger partial charge in [0, 0.05) is 49.6 Å². The molecule has 1 amide bonds. The van der Waals surface area contributed by atoms with Crippen LogP contribution in [0.3, 0.4) is 0 Å². The number of hydrogen-bond donors (Lipinski definition) is 2. The highest BCUT2D eigenvalue weighted by molar-refractivity contribution is 6.03. The van der Waals surface area contributed by atoms with Crippen LogP contribution < -0.4 is 18.9 Å². The molecule has 1 saturated heterocycles. The lowest BCUT2D eigenvalue weighted by Gasteiger charge is -2.60. The molecule has 3 heterocycles. The number of rotatable bonds is 24. The van der Waals surface area contributed by atoms with Crippen LogP contribution in [-0.2, 0) is 43.5 Å². The number of nitrogens with zero attached hydrogens (tertiary/aromatic N) is 2. The zero-order valence-corrected chi connectivity index (χ0v) is 40.9. The number of halogens is 1. The topological polar surface area (TPSA) is 156 Å². The maximum absolute atomic E-state index is 15.2. The number of carbonyl (C=O) groups excluding carboxylic acids is 1. The molecule has 72 heavy (non-hydrogen) atoms. The highest BCUT2D eigenvalue weighted by Crippen LogP contribution is 2.62. The fourth-order valence-corrected chi connectivity index (χ4v) is 11.0. The smallest absolute Gasteiger partial charge is 0.410 e. The largest absolute Gasteiger partial charge is 0.489 e. The number of ether oxygens (including phenoxy) is 8. The standard InChI is InChI=1S/C57H67FN2O12/c1-2-27-70-57-52(60(35-40-21-23-50-51(31-40)69-38-68-50)56(63)66-30-29-64-36-39-14-4-3-5-15-39)34-48(59-72-53-20-10-13-28-65-53)45-32-41(16-8-11-25-61)44(18-9-12-26-62)54(55(45)57)46-33-43(22-24-49(46)71-57)67-37-42-17-6-7-19-47(42)58/h2-7,14-15,17,19,21-24,31-33,41,44,52-55,61-62H,1,8-13,16,18,20,25-30,34-38H2. The van der Waals surface area contributed by atoms with E-state index in [9.17, 15) is 14.6 Å². The van der Waals surface area contributed by atoms with E-state index in [-0.39, 0.29) is 83.0 Å². The lowest BCUT2D eigenvalue weighted by molar-refractivity contribution is -0.256. The van der Waals surface area contributed by atoms with Crippen LogP contribution >= 0.6 is 0 Å². The van der Waals surface area contributed by atoms with Gasteiger partial charge in [-0.05, 0) is 103 Å². The maximum Gasteiger partial charge on any atom is 0.410 e. The number of hydrogen-bond acceptors (Lipinski definition) is 13. The summed E-state index contributed by atoms with van der Waals surface area (Å²) in [5.74, 6) is -0.666. The van der Waals surface area contributed by atoms with Gasteiger partial charge in [0.15, 0.2) is 11.5 Å². The van der Waals surface area contributed by atoms with Crippen LogP contribution in [-0.4, -0.2) is 91.5 Å². The molecule has 1 saturated carbocycles. The van der Waals surface area contributed by atoms with Gasteiger partial charge in [-0.2, -0.15) is 0 Å². The average Bonchev–Trinajstić information content (AvgIpc) is 3.88. The Morgan fingerprint density at radius 1 is 0.875 bits per heavy atom. The molecule has 0 bridgehead atoms. The summed E-state index contributed by atoms with van der Waals surface area (Å²) in [6.45, 7) is 5.45. The SMILES string of the molecule is C=CCOC12Oc3ccc(OCc4ccccc4F)cc3C3C(CCCCO)C(CCCCO)C=C(C(=NOC4CCCCO4)CC1N(Cc1ccc4c(c1)OCO4)C(=O)OCCOCc1ccccc1)C32. The van der Waals surface area contributed by atoms with Crippen molar-refractivity contribution in [2.24, 2.45) is 22.9 Å². The van der Waals surface area contributed by atoms with E-state index in [0.717, 1.165) is 60.8 Å². The Bertz CT molecular complexity index is 2500. The molecule has 4 aromatic rings. The molecule has 3 aliphatic heterocycles. The minimum Gasteiger partial charge on any atom is -0.489 e. The summed E-state index contributed by atoms with van der Waals surface area (Å²) in [6.07, 6.45) is 9.76. The van der Waals surface area contributed by atoms with Gasteiger partial charge in [0.1, 0.15) is 36.6 Å². The van der Waals surface area contributed by atoms with Gasteiger partial charge in [-0.25, -0.2) is 9.18 Å². The van der Waals surface area contributed by atoms with Gasteiger partial charge in [0.05, 0.1) is 38.1 Å². The first-order chi connectivity index (χ1) is 35.4. The number of aliphatic hydroxyl groups excluding tert-OH is 2. The molecule has 0 spiro atoms. The average molecular weight is 991 g/mol. The van der Waals surface area contributed by atoms with Crippen molar-refractivity contribution < 1.29 is 62.1 Å². The number of fused-ring (bicyclic) bond motifs is 3. The Morgan fingerprint density at radius 3 is 2.49 bits per heavy atom. The molecule has 14 nitrogen and oxygen atoms in total. The summed E-state index contributed by atoms with van der Waals surface area (Å²) in [5, 5.41) is 25.1. The molecule has 384 valence electrons. The van der Waals surface area contributed by atoms with E-state index in [0.29, 0.717) is 66.7 Å². The van der Waals surface area contributed by atoms with Crippen LogP contribution in [0, 0.1) is 23.6 Å². The first kappa shape index (κ1) is 51.0. The van der Waals surface area contributed by atoms with Crippen molar-refractivity contribution in [2.45, 2.75) is 108 Å². The molecule has 0 aromatic heterocycles. The monoisotopic (exact) mass is 990 g/mol. The van der Waals surface area contributed by atoms with Gasteiger partial charge in [-0.3, -0.25) is 4.90 Å². The second-order valence-electron chi connectivity index (χ2n) is 19.0. The van der Waals surface area contributed by atoms with E-state index in [1.165, 1.54) is 6.07 Å². The molecule has 4 aromatic carbocycles. The molecule has 2 fully saturated rings. The van der Waals surface area contributed by atoms with Gasteiger partial charge >= 0.3 is 6.09 Å². The van der Waals surface area contributed by atoms with Gasteiger partial charge in [-0.15, -0.1) is 6.58 Å². The summed E-state index contributed by atoms with van der Waals surface area (Å²) in [7, 11) is 0. The number of allylic oxidation sites excluding steroid dienone is 1. The van der Waals surface area contributed by atoms with Gasteiger partial charge in [-0.1, -0.05) is 84.7 Å². The summed E-state index contributed by atoms with van der Waals surface area (Å²) < 4.78 is 65.6. The van der Waals surface area contributed by atoms with Crippen molar-refractivity contribution in [1.29, 1.82) is 0 Å². The van der Waals surface area contributed by atoms with Crippen LogP contribution in [0.5, 0.6) is 23.0 Å². The second-order valence-corrected chi connectivity index (χ2v) is 19.0. The Balaban J connectivity index is 1.18. The van der Waals surface area contributed by atoms with Crippen LogP contribution in [0.4, 0.5) is 9.18 Å². The van der Waals surface area contributed by atoms with Crippen LogP contribution in [0.25, 0.3) is 0 Å². The Labute approximate surface area is 421 Å². The fraction of sp³-hybridized carbons (Fsp3) is 0.474. The third kappa shape index (κ3) is 11.8. The molecule has 7 atom stereocenters. The highest BCUT2D eigenvalue weighted by Gasteiger charge is 2.66. The minimum atomic E-state index is -1.57.